The Balaban J connectivity index is 2.00. The molecule has 0 atom stereocenters. The van der Waals surface area contributed by atoms with E-state index in [4.69, 9.17) is 11.6 Å². The lowest BCUT2D eigenvalue weighted by atomic mass is 10.2. The zero-order chi connectivity index (χ0) is 15.7. The van der Waals surface area contributed by atoms with Crippen molar-refractivity contribution in [1.29, 1.82) is 0 Å². The Bertz CT molecular complexity index is 951. The molecule has 1 heterocycles. The average molecular weight is 319 g/mol. The van der Waals surface area contributed by atoms with Gasteiger partial charge < -0.3 is 4.98 Å². The maximum absolute atomic E-state index is 13.1. The van der Waals surface area contributed by atoms with Crippen LogP contribution in [0.25, 0.3) is 23.1 Å². The molecule has 110 valence electrons. The van der Waals surface area contributed by atoms with E-state index in [1.165, 1.54) is 24.3 Å². The molecule has 0 aliphatic carbocycles. The SMILES string of the molecule is O=c1[nH]c(/C=C/c2ccc(F)c(F)c2)nc2ccc(Cl)cc12. The molecule has 0 saturated carbocycles. The van der Waals surface area contributed by atoms with Gasteiger partial charge in [0.15, 0.2) is 11.6 Å². The van der Waals surface area contributed by atoms with Gasteiger partial charge in [0.2, 0.25) is 0 Å². The molecule has 0 radical (unpaired) electrons. The van der Waals surface area contributed by atoms with Crippen LogP contribution in [0.1, 0.15) is 11.4 Å². The van der Waals surface area contributed by atoms with Gasteiger partial charge in [0.25, 0.3) is 5.56 Å². The second-order valence-electron chi connectivity index (χ2n) is 4.62. The second-order valence-corrected chi connectivity index (χ2v) is 5.06. The number of fused-ring (bicyclic) bond motifs is 1. The summed E-state index contributed by atoms with van der Waals surface area (Å²) >= 11 is 5.84. The summed E-state index contributed by atoms with van der Waals surface area (Å²) in [5, 5.41) is 0.836. The van der Waals surface area contributed by atoms with Crippen molar-refractivity contribution in [3.8, 4) is 0 Å². The number of rotatable bonds is 2. The number of hydrogen-bond acceptors (Lipinski definition) is 2. The van der Waals surface area contributed by atoms with Crippen molar-refractivity contribution < 1.29 is 8.78 Å². The first kappa shape index (κ1) is 14.4. The quantitative estimate of drug-likeness (QED) is 0.775. The van der Waals surface area contributed by atoms with E-state index in [1.807, 2.05) is 0 Å². The normalized spacial score (nSPS) is 11.4. The second kappa shape index (κ2) is 5.69. The molecule has 0 aliphatic heterocycles. The third kappa shape index (κ3) is 2.89. The number of nitrogens with one attached hydrogen (secondary N) is 1. The van der Waals surface area contributed by atoms with Gasteiger partial charge >= 0.3 is 0 Å². The lowest BCUT2D eigenvalue weighted by molar-refractivity contribution is 0.508. The predicted octanol–water partition coefficient (Wildman–Crippen LogP) is 4.03. The molecule has 1 N–H and O–H groups in total. The van der Waals surface area contributed by atoms with Crippen molar-refractivity contribution in [2.75, 3.05) is 0 Å². The monoisotopic (exact) mass is 318 g/mol. The number of H-pyrrole nitrogens is 1. The summed E-state index contributed by atoms with van der Waals surface area (Å²) in [6.07, 6.45) is 3.05. The highest BCUT2D eigenvalue weighted by atomic mass is 35.5. The fourth-order valence-electron chi connectivity index (χ4n) is 2.00. The molecule has 22 heavy (non-hydrogen) atoms. The van der Waals surface area contributed by atoms with Crippen LogP contribution in [0.5, 0.6) is 0 Å². The highest BCUT2D eigenvalue weighted by molar-refractivity contribution is 6.31. The summed E-state index contributed by atoms with van der Waals surface area (Å²) in [4.78, 5) is 18.8. The van der Waals surface area contributed by atoms with Crippen LogP contribution in [0.3, 0.4) is 0 Å². The van der Waals surface area contributed by atoms with E-state index in [-0.39, 0.29) is 5.56 Å². The number of hydrogen-bond donors (Lipinski definition) is 1. The minimum Gasteiger partial charge on any atom is -0.306 e. The van der Waals surface area contributed by atoms with Crippen LogP contribution in [0, 0.1) is 11.6 Å². The zero-order valence-electron chi connectivity index (χ0n) is 11.1. The molecule has 0 amide bonds. The lowest BCUT2D eigenvalue weighted by Gasteiger charge is -2.00. The van der Waals surface area contributed by atoms with E-state index in [0.29, 0.717) is 27.3 Å². The third-order valence-corrected chi connectivity index (χ3v) is 3.30. The molecule has 0 unspecified atom stereocenters. The Morgan fingerprint density at radius 2 is 1.86 bits per heavy atom. The molecular formula is C16H9ClF2N2O. The third-order valence-electron chi connectivity index (χ3n) is 3.06. The first-order valence-corrected chi connectivity index (χ1v) is 6.73. The molecule has 1 aromatic heterocycles. The summed E-state index contributed by atoms with van der Waals surface area (Å²) in [7, 11) is 0. The van der Waals surface area contributed by atoms with Gasteiger partial charge in [-0.05, 0) is 42.0 Å². The molecule has 2 aromatic carbocycles. The van der Waals surface area contributed by atoms with Gasteiger partial charge in [-0.25, -0.2) is 13.8 Å². The first-order valence-electron chi connectivity index (χ1n) is 6.36. The van der Waals surface area contributed by atoms with Gasteiger partial charge in [-0.15, -0.1) is 0 Å². The van der Waals surface area contributed by atoms with Gasteiger partial charge in [-0.3, -0.25) is 4.79 Å². The Hall–Kier alpha value is -2.53. The Kier molecular flexibility index (Phi) is 3.73. The summed E-state index contributed by atoms with van der Waals surface area (Å²) in [5.74, 6) is -1.53. The molecule has 0 bridgehead atoms. The minimum absolute atomic E-state index is 0.310. The summed E-state index contributed by atoms with van der Waals surface area (Å²) in [6.45, 7) is 0. The zero-order valence-corrected chi connectivity index (χ0v) is 11.9. The van der Waals surface area contributed by atoms with E-state index >= 15 is 0 Å². The molecule has 6 heteroatoms. The summed E-state index contributed by atoms with van der Waals surface area (Å²) < 4.78 is 26.0. The van der Waals surface area contributed by atoms with Crippen LogP contribution in [0.15, 0.2) is 41.2 Å². The van der Waals surface area contributed by atoms with Crippen LogP contribution < -0.4 is 5.56 Å². The average Bonchev–Trinajstić information content (AvgIpc) is 2.49. The number of aromatic amines is 1. The first-order chi connectivity index (χ1) is 10.5. The molecule has 3 nitrogen and oxygen atoms in total. The van der Waals surface area contributed by atoms with E-state index in [1.54, 1.807) is 12.1 Å². The predicted molar refractivity (Wildman–Crippen MR) is 82.7 cm³/mol. The highest BCUT2D eigenvalue weighted by Crippen LogP contribution is 2.15. The van der Waals surface area contributed by atoms with Crippen LogP contribution in [0.2, 0.25) is 5.02 Å². The fourth-order valence-corrected chi connectivity index (χ4v) is 2.17. The minimum atomic E-state index is -0.934. The number of nitrogens with zero attached hydrogens (tertiary/aromatic N) is 1. The molecule has 0 saturated heterocycles. The van der Waals surface area contributed by atoms with Gasteiger partial charge in [0.05, 0.1) is 10.9 Å². The molecule has 3 aromatic rings. The molecule has 0 fully saturated rings. The maximum atomic E-state index is 13.1. The van der Waals surface area contributed by atoms with Gasteiger partial charge in [0, 0.05) is 5.02 Å². The summed E-state index contributed by atoms with van der Waals surface area (Å²) in [6, 6.07) is 8.33. The molecular weight excluding hydrogens is 310 g/mol. The van der Waals surface area contributed by atoms with Crippen molar-refractivity contribution in [3.05, 3.63) is 74.8 Å². The molecule has 0 spiro atoms. The Morgan fingerprint density at radius 3 is 2.64 bits per heavy atom. The highest BCUT2D eigenvalue weighted by Gasteiger charge is 2.03. The van der Waals surface area contributed by atoms with E-state index < -0.39 is 11.6 Å². The number of halogens is 3. The van der Waals surface area contributed by atoms with Crippen LogP contribution in [-0.2, 0) is 0 Å². The molecule has 0 aliphatic rings. The van der Waals surface area contributed by atoms with Gasteiger partial charge in [0.1, 0.15) is 5.82 Å². The van der Waals surface area contributed by atoms with Crippen LogP contribution >= 0.6 is 11.6 Å². The van der Waals surface area contributed by atoms with Crippen molar-refractivity contribution >= 4 is 34.7 Å². The standard InChI is InChI=1S/C16H9ClF2N2O/c17-10-3-5-14-11(8-10)16(22)21-15(20-14)6-2-9-1-4-12(18)13(19)7-9/h1-8H,(H,20,21,22)/b6-2+. The largest absolute Gasteiger partial charge is 0.306 e. The van der Waals surface area contributed by atoms with Crippen molar-refractivity contribution in [1.82, 2.24) is 9.97 Å². The topological polar surface area (TPSA) is 45.8 Å². The Morgan fingerprint density at radius 1 is 1.05 bits per heavy atom. The number of benzene rings is 2. The Labute approximate surface area is 128 Å². The van der Waals surface area contributed by atoms with E-state index in [9.17, 15) is 13.6 Å². The van der Waals surface area contributed by atoms with Crippen LogP contribution in [-0.4, -0.2) is 9.97 Å². The van der Waals surface area contributed by atoms with Crippen molar-refractivity contribution in [2.45, 2.75) is 0 Å². The van der Waals surface area contributed by atoms with Crippen molar-refractivity contribution in [3.63, 3.8) is 0 Å². The van der Waals surface area contributed by atoms with Crippen LogP contribution in [0.4, 0.5) is 8.78 Å². The smallest absolute Gasteiger partial charge is 0.259 e. The van der Waals surface area contributed by atoms with Gasteiger partial charge in [-0.2, -0.15) is 0 Å². The van der Waals surface area contributed by atoms with Crippen molar-refractivity contribution in [2.24, 2.45) is 0 Å². The maximum Gasteiger partial charge on any atom is 0.259 e. The number of aromatic nitrogens is 2. The lowest BCUT2D eigenvalue weighted by Crippen LogP contribution is -2.09. The fraction of sp³-hybridized carbons (Fsp3) is 0. The van der Waals surface area contributed by atoms with Gasteiger partial charge in [-0.1, -0.05) is 23.7 Å². The van der Waals surface area contributed by atoms with E-state index in [2.05, 4.69) is 9.97 Å². The molecule has 3 rings (SSSR count). The van der Waals surface area contributed by atoms with E-state index in [0.717, 1.165) is 12.1 Å². The summed E-state index contributed by atoms with van der Waals surface area (Å²) in [5.41, 5.74) is 0.633.